The summed E-state index contributed by atoms with van der Waals surface area (Å²) in [5.41, 5.74) is 0. The molecule has 0 saturated heterocycles. The summed E-state index contributed by atoms with van der Waals surface area (Å²) < 4.78 is 0. The third-order valence-electron chi connectivity index (χ3n) is 2.27. The molecule has 0 aliphatic heterocycles. The van der Waals surface area contributed by atoms with Gasteiger partial charge in [-0.3, -0.25) is 0 Å². The zero-order valence-electron chi connectivity index (χ0n) is 7.35. The van der Waals surface area contributed by atoms with Gasteiger partial charge in [0.05, 0.1) is 0 Å². The molecule has 1 aliphatic carbocycles. The fourth-order valence-corrected chi connectivity index (χ4v) is 1.25. The van der Waals surface area contributed by atoms with E-state index in [0.29, 0.717) is 6.04 Å². The highest BCUT2D eigenvalue weighted by Crippen LogP contribution is 2.36. The van der Waals surface area contributed by atoms with E-state index < -0.39 is 0 Å². The van der Waals surface area contributed by atoms with Crippen molar-refractivity contribution in [3.05, 3.63) is 0 Å². The third kappa shape index (κ3) is 2.70. The van der Waals surface area contributed by atoms with Crippen molar-refractivity contribution in [3.63, 3.8) is 0 Å². The van der Waals surface area contributed by atoms with Gasteiger partial charge in [-0.25, -0.2) is 0 Å². The average Bonchev–Trinajstić information content (AvgIpc) is 2.63. The molecule has 60 valence electrons. The standard InChI is InChI=1S/C9H19N/c1-7(2)10-6-8(3)9-4-5-9/h7-10H,4-6H2,1-3H3. The fourth-order valence-electron chi connectivity index (χ4n) is 1.25. The number of rotatable bonds is 4. The van der Waals surface area contributed by atoms with Crippen LogP contribution >= 0.6 is 0 Å². The largest absolute Gasteiger partial charge is 0.314 e. The van der Waals surface area contributed by atoms with Crippen molar-refractivity contribution >= 4 is 0 Å². The van der Waals surface area contributed by atoms with Crippen LogP contribution in [0.1, 0.15) is 33.6 Å². The van der Waals surface area contributed by atoms with Gasteiger partial charge in [-0.1, -0.05) is 20.8 Å². The second-order valence-electron chi connectivity index (χ2n) is 3.88. The van der Waals surface area contributed by atoms with E-state index in [9.17, 15) is 0 Å². The first-order valence-corrected chi connectivity index (χ1v) is 4.43. The van der Waals surface area contributed by atoms with Gasteiger partial charge >= 0.3 is 0 Å². The zero-order valence-corrected chi connectivity index (χ0v) is 7.35. The van der Waals surface area contributed by atoms with Gasteiger partial charge in [-0.15, -0.1) is 0 Å². The molecule has 0 bridgehead atoms. The predicted molar refractivity (Wildman–Crippen MR) is 45.0 cm³/mol. The van der Waals surface area contributed by atoms with Crippen molar-refractivity contribution in [1.82, 2.24) is 5.32 Å². The van der Waals surface area contributed by atoms with E-state index in [1.54, 1.807) is 0 Å². The third-order valence-corrected chi connectivity index (χ3v) is 2.27. The molecule has 0 amide bonds. The lowest BCUT2D eigenvalue weighted by molar-refractivity contribution is 0.437. The Kier molecular flexibility index (Phi) is 2.72. The predicted octanol–water partition coefficient (Wildman–Crippen LogP) is 2.03. The molecule has 0 spiro atoms. The van der Waals surface area contributed by atoms with Gasteiger partial charge < -0.3 is 5.32 Å². The van der Waals surface area contributed by atoms with Crippen LogP contribution in [-0.2, 0) is 0 Å². The summed E-state index contributed by atoms with van der Waals surface area (Å²) in [6, 6.07) is 0.654. The fraction of sp³-hybridized carbons (Fsp3) is 1.00. The molecule has 0 heterocycles. The SMILES string of the molecule is CC(C)NCC(C)C1CC1. The van der Waals surface area contributed by atoms with Crippen LogP contribution in [0.5, 0.6) is 0 Å². The van der Waals surface area contributed by atoms with Crippen LogP contribution in [0.2, 0.25) is 0 Å². The van der Waals surface area contributed by atoms with Crippen LogP contribution in [0.25, 0.3) is 0 Å². The van der Waals surface area contributed by atoms with Crippen LogP contribution in [0.3, 0.4) is 0 Å². The first-order valence-electron chi connectivity index (χ1n) is 4.43. The first kappa shape index (κ1) is 8.06. The molecular weight excluding hydrogens is 122 g/mol. The maximum Gasteiger partial charge on any atom is 0.00104 e. The first-order chi connectivity index (χ1) is 4.70. The number of nitrogens with one attached hydrogen (secondary N) is 1. The lowest BCUT2D eigenvalue weighted by Crippen LogP contribution is -2.28. The molecule has 1 atom stereocenters. The summed E-state index contributed by atoms with van der Waals surface area (Å²) in [6.07, 6.45) is 2.95. The molecular formula is C9H19N. The monoisotopic (exact) mass is 141 g/mol. The maximum absolute atomic E-state index is 3.47. The molecule has 0 aromatic carbocycles. The molecule has 0 aromatic rings. The van der Waals surface area contributed by atoms with Crippen molar-refractivity contribution in [2.75, 3.05) is 6.54 Å². The van der Waals surface area contributed by atoms with Gasteiger partial charge in [-0.2, -0.15) is 0 Å². The van der Waals surface area contributed by atoms with Crippen LogP contribution < -0.4 is 5.32 Å². The van der Waals surface area contributed by atoms with E-state index >= 15 is 0 Å². The average molecular weight is 141 g/mol. The molecule has 1 unspecified atom stereocenters. The lowest BCUT2D eigenvalue weighted by Gasteiger charge is -2.13. The normalized spacial score (nSPS) is 21.6. The maximum atomic E-state index is 3.47. The van der Waals surface area contributed by atoms with Crippen LogP contribution in [0.15, 0.2) is 0 Å². The molecule has 1 fully saturated rings. The Morgan fingerprint density at radius 1 is 1.30 bits per heavy atom. The van der Waals surface area contributed by atoms with Gasteiger partial charge in [0.25, 0.3) is 0 Å². The van der Waals surface area contributed by atoms with Gasteiger partial charge in [0.15, 0.2) is 0 Å². The second-order valence-corrected chi connectivity index (χ2v) is 3.88. The van der Waals surface area contributed by atoms with E-state index in [0.717, 1.165) is 11.8 Å². The summed E-state index contributed by atoms with van der Waals surface area (Å²) in [7, 11) is 0. The van der Waals surface area contributed by atoms with E-state index in [4.69, 9.17) is 0 Å². The van der Waals surface area contributed by atoms with Gasteiger partial charge in [0.2, 0.25) is 0 Å². The van der Waals surface area contributed by atoms with Crippen molar-refractivity contribution in [2.45, 2.75) is 39.7 Å². The Morgan fingerprint density at radius 3 is 2.30 bits per heavy atom. The summed E-state index contributed by atoms with van der Waals surface area (Å²) in [6.45, 7) is 7.98. The quantitative estimate of drug-likeness (QED) is 0.631. The number of hydrogen-bond donors (Lipinski definition) is 1. The van der Waals surface area contributed by atoms with Crippen LogP contribution in [-0.4, -0.2) is 12.6 Å². The van der Waals surface area contributed by atoms with E-state index in [-0.39, 0.29) is 0 Å². The topological polar surface area (TPSA) is 12.0 Å². The van der Waals surface area contributed by atoms with E-state index in [2.05, 4.69) is 26.1 Å². The number of hydrogen-bond acceptors (Lipinski definition) is 1. The summed E-state index contributed by atoms with van der Waals surface area (Å²) in [5.74, 6) is 1.95. The molecule has 10 heavy (non-hydrogen) atoms. The highest BCUT2D eigenvalue weighted by atomic mass is 14.9. The van der Waals surface area contributed by atoms with Crippen molar-refractivity contribution in [2.24, 2.45) is 11.8 Å². The van der Waals surface area contributed by atoms with Gasteiger partial charge in [-0.05, 0) is 31.2 Å². The summed E-state index contributed by atoms with van der Waals surface area (Å²) in [5, 5.41) is 3.47. The molecule has 0 aromatic heterocycles. The van der Waals surface area contributed by atoms with Crippen molar-refractivity contribution in [3.8, 4) is 0 Å². The van der Waals surface area contributed by atoms with Crippen LogP contribution in [0, 0.1) is 11.8 Å². The van der Waals surface area contributed by atoms with Crippen molar-refractivity contribution < 1.29 is 0 Å². The minimum atomic E-state index is 0.654. The Balaban J connectivity index is 2.00. The zero-order chi connectivity index (χ0) is 7.56. The minimum Gasteiger partial charge on any atom is -0.314 e. The highest BCUT2D eigenvalue weighted by molar-refractivity contribution is 4.79. The Bertz CT molecular complexity index is 94.9. The summed E-state index contributed by atoms with van der Waals surface area (Å²) >= 11 is 0. The Hall–Kier alpha value is -0.0400. The summed E-state index contributed by atoms with van der Waals surface area (Å²) in [4.78, 5) is 0. The molecule has 1 aliphatic rings. The van der Waals surface area contributed by atoms with Crippen molar-refractivity contribution in [1.29, 1.82) is 0 Å². The molecule has 1 heteroatoms. The van der Waals surface area contributed by atoms with Crippen LogP contribution in [0.4, 0.5) is 0 Å². The molecule has 1 rings (SSSR count). The molecule has 0 radical (unpaired) electrons. The molecule has 1 N–H and O–H groups in total. The van der Waals surface area contributed by atoms with Gasteiger partial charge in [0.1, 0.15) is 0 Å². The minimum absolute atomic E-state index is 0.654. The van der Waals surface area contributed by atoms with E-state index in [1.807, 2.05) is 0 Å². The molecule has 1 nitrogen and oxygen atoms in total. The van der Waals surface area contributed by atoms with E-state index in [1.165, 1.54) is 19.4 Å². The Labute approximate surface area is 64.2 Å². The Morgan fingerprint density at radius 2 is 1.90 bits per heavy atom. The molecule has 1 saturated carbocycles. The highest BCUT2D eigenvalue weighted by Gasteiger charge is 2.27. The van der Waals surface area contributed by atoms with Gasteiger partial charge in [0, 0.05) is 6.04 Å². The second kappa shape index (κ2) is 3.38. The smallest absolute Gasteiger partial charge is 0.00104 e. The lowest BCUT2D eigenvalue weighted by atomic mass is 10.1.